The topological polar surface area (TPSA) is 313 Å². The second-order valence-corrected chi connectivity index (χ2v) is 22.8. The van der Waals surface area contributed by atoms with Crippen molar-refractivity contribution in [2.75, 3.05) is 26.6 Å². The molecule has 0 aliphatic carbocycles. The molecule has 5 aromatic carbocycles. The molecule has 110 heavy (non-hydrogen) atoms. The third kappa shape index (κ3) is 22.7. The van der Waals surface area contributed by atoms with Crippen molar-refractivity contribution in [3.8, 4) is 56.2 Å². The summed E-state index contributed by atoms with van der Waals surface area (Å²) >= 11 is 0. The lowest BCUT2D eigenvalue weighted by atomic mass is 10.1. The molecule has 10 aromatic heterocycles. The van der Waals surface area contributed by atoms with E-state index in [1.54, 1.807) is 123 Å². The SMILES string of the molecule is O=C(Nc1ccc(-c2cccnc2)cn1)c1ccc(F)cc1.O=C(Nc1ccc(-c2cccnc2)nc1)c1ccc(F)cc1.O=C(Nc1cnc(-c2cccnc2)cn1)c1ccc(F)cc1.O=C(Nc1cnc(-c2cccnc2)nc1)c1ccc(F)cc1.O=C(Nc1ncc(-c2cccnc2)cn1)c1ccc(F)cc1. The van der Waals surface area contributed by atoms with Gasteiger partial charge in [-0.25, -0.2) is 51.9 Å². The molecule has 0 saturated carbocycles. The highest BCUT2D eigenvalue weighted by Crippen LogP contribution is 2.23. The summed E-state index contributed by atoms with van der Waals surface area (Å²) in [4.78, 5) is 113. The van der Waals surface area contributed by atoms with Crippen molar-refractivity contribution in [1.29, 1.82) is 0 Å². The summed E-state index contributed by atoms with van der Waals surface area (Å²) in [5.74, 6) is -2.23. The summed E-state index contributed by atoms with van der Waals surface area (Å²) in [5.41, 5.74) is 10.3. The van der Waals surface area contributed by atoms with E-state index in [0.29, 0.717) is 62.3 Å². The first-order chi connectivity index (χ1) is 53.6. The Labute approximate surface area is 623 Å². The molecule has 0 bridgehead atoms. The first-order valence-corrected chi connectivity index (χ1v) is 32.9. The summed E-state index contributed by atoms with van der Waals surface area (Å²) in [5, 5.41) is 13.2. The molecule has 0 atom stereocenters. The fourth-order valence-electron chi connectivity index (χ4n) is 9.46. The number of nitrogens with zero attached hydrogens (tertiary/aromatic N) is 13. The van der Waals surface area contributed by atoms with Gasteiger partial charge in [-0.2, -0.15) is 0 Å². The van der Waals surface area contributed by atoms with Crippen molar-refractivity contribution >= 4 is 58.5 Å². The molecule has 0 saturated heterocycles. The zero-order chi connectivity index (χ0) is 76.8. The summed E-state index contributed by atoms with van der Waals surface area (Å²) in [6.07, 6.45) is 29.4. The lowest BCUT2D eigenvalue weighted by Crippen LogP contribution is -2.14. The minimum atomic E-state index is -0.395. The number of amides is 5. The smallest absolute Gasteiger partial charge is 0.258 e. The van der Waals surface area contributed by atoms with Gasteiger partial charge in [0.25, 0.3) is 29.5 Å². The van der Waals surface area contributed by atoms with Crippen molar-refractivity contribution in [1.82, 2.24) is 64.8 Å². The van der Waals surface area contributed by atoms with Gasteiger partial charge in [0.05, 0.1) is 53.7 Å². The molecule has 540 valence electrons. The van der Waals surface area contributed by atoms with Gasteiger partial charge in [-0.3, -0.25) is 64.2 Å². The predicted octanol–water partition coefficient (Wildman–Crippen LogP) is 15.9. The van der Waals surface area contributed by atoms with Crippen LogP contribution in [0.25, 0.3) is 56.2 Å². The monoisotopic (exact) mass is 1470 g/mol. The van der Waals surface area contributed by atoms with Gasteiger partial charge < -0.3 is 21.3 Å². The van der Waals surface area contributed by atoms with Crippen LogP contribution < -0.4 is 26.6 Å². The van der Waals surface area contributed by atoms with Gasteiger partial charge in [0.2, 0.25) is 5.95 Å². The third-order valence-corrected chi connectivity index (χ3v) is 15.1. The fraction of sp³-hybridized carbons (Fsp3) is 0. The lowest BCUT2D eigenvalue weighted by Gasteiger charge is -2.06. The van der Waals surface area contributed by atoms with Crippen molar-refractivity contribution in [2.45, 2.75) is 0 Å². The number of benzene rings is 5. The van der Waals surface area contributed by atoms with Crippen LogP contribution in [0.2, 0.25) is 0 Å². The van der Waals surface area contributed by atoms with Crippen molar-refractivity contribution in [3.05, 3.63) is 375 Å². The van der Waals surface area contributed by atoms with Gasteiger partial charge in [-0.15, -0.1) is 0 Å². The lowest BCUT2D eigenvalue weighted by molar-refractivity contribution is 0.101. The largest absolute Gasteiger partial charge is 0.321 e. The highest BCUT2D eigenvalue weighted by Gasteiger charge is 2.14. The van der Waals surface area contributed by atoms with Gasteiger partial charge in [0, 0.05) is 147 Å². The van der Waals surface area contributed by atoms with Crippen LogP contribution in [-0.2, 0) is 0 Å². The van der Waals surface area contributed by atoms with Crippen LogP contribution in [0.5, 0.6) is 0 Å². The number of hydrogen-bond acceptors (Lipinski definition) is 18. The second-order valence-electron chi connectivity index (χ2n) is 22.8. The minimum absolute atomic E-state index is 0.182. The Bertz CT molecular complexity index is 4670. The molecular weight excluding hydrogens is 1410 g/mol. The van der Waals surface area contributed by atoms with E-state index in [1.807, 2.05) is 54.6 Å². The van der Waals surface area contributed by atoms with Gasteiger partial charge in [0.1, 0.15) is 34.9 Å². The Morgan fingerprint density at radius 1 is 0.227 bits per heavy atom. The maximum Gasteiger partial charge on any atom is 0.258 e. The molecule has 15 rings (SSSR count). The van der Waals surface area contributed by atoms with Gasteiger partial charge in [0.15, 0.2) is 11.6 Å². The van der Waals surface area contributed by atoms with E-state index in [1.165, 1.54) is 140 Å². The highest BCUT2D eigenvalue weighted by molar-refractivity contribution is 6.06. The van der Waals surface area contributed by atoms with Crippen LogP contribution in [0.3, 0.4) is 0 Å². The molecule has 0 fully saturated rings. The molecule has 5 N–H and O–H groups in total. The number of rotatable bonds is 15. The molecule has 15 aromatic rings. The predicted molar refractivity (Wildman–Crippen MR) is 402 cm³/mol. The standard InChI is InChI=1S/2C17H12FN3O.3C16H11FN4O/c18-15-6-3-12(4-7-15)17(22)21-16-8-5-14(11-20-16)13-2-1-9-19-10-13;18-14-5-3-12(4-6-14)17(22)21-15-7-8-16(20-11-15)13-2-1-9-19-10-13;17-14-5-3-11(4-6-14)15(22)21-16-19-9-13(10-20-16)12-2-1-7-18-8-12;17-13-5-3-11(4-6-13)16(22)21-15-10-19-14(9-20-15)12-2-1-7-18-8-12;17-13-5-3-11(4-6-13)16(22)21-14-9-19-15(20-10-14)12-2-1-7-18-8-12/h1-11H,(H,20,21,22);1-11H,(H,21,22);1-10H,(H,19,20,21,22);1-10H,(H,20,21,22);1-10H,(H,21,22). The first-order valence-electron chi connectivity index (χ1n) is 32.9. The molecule has 23 nitrogen and oxygen atoms in total. The van der Waals surface area contributed by atoms with Crippen molar-refractivity contribution in [3.63, 3.8) is 0 Å². The highest BCUT2D eigenvalue weighted by atomic mass is 19.1. The molecule has 0 aliphatic rings. The number of anilines is 5. The van der Waals surface area contributed by atoms with E-state index in [9.17, 15) is 45.9 Å². The fourth-order valence-corrected chi connectivity index (χ4v) is 9.46. The van der Waals surface area contributed by atoms with E-state index in [-0.39, 0.29) is 47.0 Å². The van der Waals surface area contributed by atoms with Gasteiger partial charge in [-0.05, 0) is 194 Å². The van der Waals surface area contributed by atoms with Gasteiger partial charge >= 0.3 is 0 Å². The van der Waals surface area contributed by atoms with Crippen LogP contribution in [0.1, 0.15) is 51.8 Å². The number of carbonyl (C=O) groups is 5. The van der Waals surface area contributed by atoms with E-state index in [2.05, 4.69) is 91.4 Å². The molecule has 10 heterocycles. The number of aromatic nitrogens is 13. The molecule has 0 unspecified atom stereocenters. The van der Waals surface area contributed by atoms with Crippen molar-refractivity contribution < 1.29 is 45.9 Å². The van der Waals surface area contributed by atoms with Crippen LogP contribution in [0.15, 0.2) is 318 Å². The number of carbonyl (C=O) groups excluding carboxylic acids is 5. The number of nitrogens with one attached hydrogen (secondary N) is 5. The molecule has 5 amide bonds. The number of pyridine rings is 7. The Morgan fingerprint density at radius 3 is 0.945 bits per heavy atom. The average molecular weight is 1470 g/mol. The summed E-state index contributed by atoms with van der Waals surface area (Å²) in [6, 6.07) is 52.2. The summed E-state index contributed by atoms with van der Waals surface area (Å²) in [7, 11) is 0. The molecule has 0 radical (unpaired) electrons. The Kier molecular flexibility index (Phi) is 26.3. The zero-order valence-electron chi connectivity index (χ0n) is 57.3. The Balaban J connectivity index is 0.000000136. The van der Waals surface area contributed by atoms with E-state index >= 15 is 0 Å². The molecule has 0 aliphatic heterocycles. The Morgan fingerprint density at radius 2 is 0.564 bits per heavy atom. The quantitative estimate of drug-likeness (QED) is 0.0596. The molecule has 0 spiro atoms. The zero-order valence-corrected chi connectivity index (χ0v) is 57.3. The van der Waals surface area contributed by atoms with Crippen LogP contribution in [0, 0.1) is 29.1 Å². The maximum atomic E-state index is 12.8. The summed E-state index contributed by atoms with van der Waals surface area (Å²) < 4.78 is 64.1. The average Bonchev–Trinajstić information content (AvgIpc) is 0.865. The number of hydrogen-bond donors (Lipinski definition) is 5. The molecule has 28 heteroatoms. The Hall–Kier alpha value is -15.6. The maximum absolute atomic E-state index is 12.8. The van der Waals surface area contributed by atoms with Crippen LogP contribution in [-0.4, -0.2) is 94.3 Å². The minimum Gasteiger partial charge on any atom is -0.321 e. The normalized spacial score (nSPS) is 10.2. The second kappa shape index (κ2) is 38.2. The van der Waals surface area contributed by atoms with Crippen LogP contribution in [0.4, 0.5) is 50.9 Å². The van der Waals surface area contributed by atoms with E-state index in [4.69, 9.17) is 0 Å². The summed E-state index contributed by atoms with van der Waals surface area (Å²) in [6.45, 7) is 0. The van der Waals surface area contributed by atoms with Gasteiger partial charge in [-0.1, -0.05) is 12.1 Å². The van der Waals surface area contributed by atoms with Crippen LogP contribution >= 0.6 is 0 Å². The number of halogens is 5. The molecular formula is C82H57F5N18O5. The first kappa shape index (κ1) is 75.5. The third-order valence-electron chi connectivity index (χ3n) is 15.1. The van der Waals surface area contributed by atoms with Crippen molar-refractivity contribution in [2.24, 2.45) is 0 Å². The van der Waals surface area contributed by atoms with E-state index in [0.717, 1.165) is 44.6 Å². The van der Waals surface area contributed by atoms with E-state index < -0.39 is 17.5 Å².